The Bertz CT molecular complexity index is 2490. The highest BCUT2D eigenvalue weighted by Crippen LogP contribution is 2.46. The van der Waals surface area contributed by atoms with E-state index in [-0.39, 0.29) is 47.1 Å². The summed E-state index contributed by atoms with van der Waals surface area (Å²) in [5.41, 5.74) is -0.709. The molecule has 4 aromatic heterocycles. The molecule has 2 aliphatic rings. The number of H-pyrrole nitrogens is 1. The van der Waals surface area contributed by atoms with Gasteiger partial charge in [0.1, 0.15) is 31.2 Å². The number of nitrogens with one attached hydrogen (secondary N) is 3. The third-order valence-corrected chi connectivity index (χ3v) is 10.9. The van der Waals surface area contributed by atoms with Gasteiger partial charge in [-0.15, -0.1) is 9.05 Å². The molecule has 322 valence electrons. The van der Waals surface area contributed by atoms with Crippen molar-refractivity contribution in [2.45, 2.75) is 69.5 Å². The Balaban J connectivity index is 1.09. The van der Waals surface area contributed by atoms with Crippen LogP contribution in [0.25, 0.3) is 22.3 Å². The van der Waals surface area contributed by atoms with Gasteiger partial charge >= 0.3 is 16.9 Å². The molecule has 61 heavy (non-hydrogen) atoms. The van der Waals surface area contributed by atoms with E-state index in [0.29, 0.717) is 5.56 Å². The molecule has 0 saturated carbocycles. The number of imidazole rings is 2. The summed E-state index contributed by atoms with van der Waals surface area (Å²) >= 11 is 0. The fourth-order valence-electron chi connectivity index (χ4n) is 6.26. The highest BCUT2D eigenvalue weighted by Gasteiger charge is 2.53. The van der Waals surface area contributed by atoms with E-state index in [1.54, 1.807) is 50.2 Å². The van der Waals surface area contributed by atoms with Crippen molar-refractivity contribution < 1.29 is 60.5 Å². The summed E-state index contributed by atoms with van der Waals surface area (Å²) in [6.45, 7) is 1.40. The van der Waals surface area contributed by atoms with Crippen LogP contribution in [-0.2, 0) is 36.9 Å². The molecule has 2 unspecified atom stereocenters. The summed E-state index contributed by atoms with van der Waals surface area (Å²) in [6, 6.07) is 10.1. The van der Waals surface area contributed by atoms with Gasteiger partial charge < -0.3 is 33.8 Å². The van der Waals surface area contributed by atoms with Gasteiger partial charge in [-0.3, -0.25) is 33.8 Å². The van der Waals surface area contributed by atoms with E-state index in [9.17, 15) is 28.9 Å². The number of aromatic nitrogens is 8. The van der Waals surface area contributed by atoms with Gasteiger partial charge in [-0.25, -0.2) is 28.7 Å². The number of carbonyl (C=O) groups excluding carboxylic acids is 2. The maximum Gasteiger partial charge on any atom is 0.697 e. The number of carbonyl (C=O) groups is 2. The van der Waals surface area contributed by atoms with Gasteiger partial charge in [0.2, 0.25) is 11.9 Å². The standard InChI is InChI=1S/C34H35F2N11O12P2/c1-16(2)29(49)44-34-43-28-23(31(51)45-34)41-15-47(28)33-25(20(35)18(11-48)56-33)59-61(53)55-12-19-24(58-60(52)54-10-6-9-37)21(36)32(57-19)46-14-40-22-26(38-13-39-27(22)46)42-30(50)17-7-4-3-5-8-17/h3-5,7-8,13-16,18-21,24-25,32-33,48,53H,6,10-12H2,1-2H3,(H2-,38,39,42,43,44,45,49,50,51)/p+1/t18-,19-,20-,21+,24-,25-,32-,33-,61?/m1/s1. The molecule has 0 aliphatic carbocycles. The van der Waals surface area contributed by atoms with Gasteiger partial charge in [0.15, 0.2) is 59.0 Å². The van der Waals surface area contributed by atoms with Crippen LogP contribution in [0.15, 0.2) is 54.1 Å². The number of halogens is 2. The maximum absolute atomic E-state index is 16.4. The van der Waals surface area contributed by atoms with Gasteiger partial charge in [0, 0.05) is 16.0 Å². The van der Waals surface area contributed by atoms with Gasteiger partial charge in [0.05, 0.1) is 38.4 Å². The highest BCUT2D eigenvalue weighted by atomic mass is 31.2. The average Bonchev–Trinajstić information content (AvgIpc) is 4.02. The number of alkyl halides is 2. The van der Waals surface area contributed by atoms with Gasteiger partial charge in [-0.1, -0.05) is 32.0 Å². The molecule has 6 heterocycles. The van der Waals surface area contributed by atoms with Crippen LogP contribution in [0.3, 0.4) is 0 Å². The van der Waals surface area contributed by atoms with Crippen molar-refractivity contribution in [2.24, 2.45) is 5.92 Å². The van der Waals surface area contributed by atoms with Gasteiger partial charge in [-0.2, -0.15) is 10.2 Å². The minimum atomic E-state index is -3.08. The lowest BCUT2D eigenvalue weighted by Crippen LogP contribution is -2.33. The number of aromatic amines is 1. The second-order valence-corrected chi connectivity index (χ2v) is 15.5. The Hall–Kier alpha value is -5.38. The van der Waals surface area contributed by atoms with Crippen molar-refractivity contribution in [3.05, 3.63) is 65.2 Å². The number of hydrogen-bond donors (Lipinski definition) is 5. The molecular formula is C34H36F2N11O12P2+. The summed E-state index contributed by atoms with van der Waals surface area (Å²) in [4.78, 5) is 72.2. The zero-order chi connectivity index (χ0) is 43.4. The molecular weight excluding hydrogens is 854 g/mol. The van der Waals surface area contributed by atoms with Crippen LogP contribution in [0.5, 0.6) is 0 Å². The fourth-order valence-corrected chi connectivity index (χ4v) is 7.77. The summed E-state index contributed by atoms with van der Waals surface area (Å²) < 4.78 is 80.4. The largest absolute Gasteiger partial charge is 0.697 e. The lowest BCUT2D eigenvalue weighted by atomic mass is 10.1. The van der Waals surface area contributed by atoms with Crippen molar-refractivity contribution >= 4 is 62.8 Å². The van der Waals surface area contributed by atoms with Gasteiger partial charge in [-0.05, 0) is 12.1 Å². The topological polar surface area (TPSA) is 302 Å². The molecule has 2 saturated heterocycles. The lowest BCUT2D eigenvalue weighted by molar-refractivity contribution is -0.118. The first-order valence-corrected chi connectivity index (χ1v) is 20.5. The molecule has 2 fully saturated rings. The van der Waals surface area contributed by atoms with Crippen LogP contribution < -0.4 is 16.2 Å². The molecule has 5 N–H and O–H groups in total. The second kappa shape index (κ2) is 19.1. The van der Waals surface area contributed by atoms with E-state index in [0.717, 1.165) is 17.2 Å². The van der Waals surface area contributed by atoms with Crippen molar-refractivity contribution in [1.82, 2.24) is 39.0 Å². The molecule has 23 nitrogen and oxygen atoms in total. The van der Waals surface area contributed by atoms with Gasteiger partial charge in [0.25, 0.3) is 11.5 Å². The zero-order valence-electron chi connectivity index (χ0n) is 31.8. The highest BCUT2D eigenvalue weighted by molar-refractivity contribution is 7.40. The van der Waals surface area contributed by atoms with Crippen molar-refractivity contribution in [3.63, 3.8) is 0 Å². The van der Waals surface area contributed by atoms with Crippen LogP contribution in [0.4, 0.5) is 20.5 Å². The Kier molecular flexibility index (Phi) is 13.7. The minimum absolute atomic E-state index is 0.00384. The molecule has 5 aromatic rings. The van der Waals surface area contributed by atoms with Crippen molar-refractivity contribution in [2.75, 3.05) is 30.5 Å². The van der Waals surface area contributed by atoms with Crippen LogP contribution in [0.1, 0.15) is 43.1 Å². The second-order valence-electron chi connectivity index (χ2n) is 13.6. The number of aliphatic hydroxyl groups excluding tert-OH is 1. The molecule has 2 aliphatic heterocycles. The number of fused-ring (bicyclic) bond motifs is 2. The Morgan fingerprint density at radius 3 is 2.46 bits per heavy atom. The number of ether oxygens (including phenoxy) is 2. The van der Waals surface area contributed by atoms with E-state index < -0.39 is 103 Å². The predicted octanol–water partition coefficient (Wildman–Crippen LogP) is 2.86. The number of hydrogen-bond acceptors (Lipinski definition) is 18. The number of rotatable bonds is 17. The molecule has 1 aromatic carbocycles. The van der Waals surface area contributed by atoms with Crippen molar-refractivity contribution in [3.8, 4) is 6.07 Å². The van der Waals surface area contributed by atoms with E-state index in [1.165, 1.54) is 10.9 Å². The Labute approximate surface area is 344 Å². The number of nitriles is 1. The normalized spacial score (nSPS) is 24.6. The minimum Gasteiger partial charge on any atom is -0.394 e. The summed E-state index contributed by atoms with van der Waals surface area (Å²) in [5, 5.41) is 23.8. The molecule has 7 rings (SSSR count). The molecule has 2 amide bonds. The van der Waals surface area contributed by atoms with Crippen LogP contribution in [0, 0.1) is 17.2 Å². The monoisotopic (exact) mass is 890 g/mol. The third-order valence-electron chi connectivity index (χ3n) is 9.26. The predicted molar refractivity (Wildman–Crippen MR) is 205 cm³/mol. The molecule has 10 atom stereocenters. The summed E-state index contributed by atoms with van der Waals surface area (Å²) in [7, 11) is -6.10. The first-order valence-electron chi connectivity index (χ1n) is 18.3. The van der Waals surface area contributed by atoms with E-state index in [2.05, 4.69) is 40.5 Å². The third kappa shape index (κ3) is 9.43. The van der Waals surface area contributed by atoms with Crippen molar-refractivity contribution in [1.29, 1.82) is 5.26 Å². The number of aliphatic hydroxyl groups is 1. The Morgan fingerprint density at radius 2 is 1.74 bits per heavy atom. The quantitative estimate of drug-likeness (QED) is 0.0662. The lowest BCUT2D eigenvalue weighted by Gasteiger charge is -2.23. The van der Waals surface area contributed by atoms with E-state index in [1.807, 2.05) is 0 Å². The molecule has 0 radical (unpaired) electrons. The first kappa shape index (κ1) is 43.7. The smallest absolute Gasteiger partial charge is 0.394 e. The van der Waals surface area contributed by atoms with Crippen LogP contribution in [0.2, 0.25) is 0 Å². The molecule has 0 spiro atoms. The summed E-state index contributed by atoms with van der Waals surface area (Å²) in [5.74, 6) is -1.67. The Morgan fingerprint density at radius 1 is 1.02 bits per heavy atom. The SMILES string of the molecule is CC(C)C(=O)Nc1nc2c(ncn2[C@@H]2O[C@H](CO)[C@@H](F)[C@H]2OP(O)OC[C@H]2O[C@@H](n3cnc4c(NC(=O)c5ccccc5)ncnc43)[C@@H](F)[C@@H]2O[P+](=O)OCCC#N)c(=O)[nH]1. The zero-order valence-corrected chi connectivity index (χ0v) is 33.6. The number of anilines is 2. The van der Waals surface area contributed by atoms with Crippen LogP contribution >= 0.6 is 16.9 Å². The van der Waals surface area contributed by atoms with Crippen LogP contribution in [-0.4, -0.2) is 117 Å². The number of benzene rings is 1. The number of amides is 2. The first-order chi connectivity index (χ1) is 29.4. The summed E-state index contributed by atoms with van der Waals surface area (Å²) in [6.07, 6.45) is -10.5. The number of nitrogens with zero attached hydrogens (tertiary/aromatic N) is 8. The van der Waals surface area contributed by atoms with E-state index >= 15 is 8.78 Å². The fraction of sp³-hybridized carbons (Fsp3) is 0.441. The molecule has 27 heteroatoms. The molecule has 0 bridgehead atoms. The van der Waals surface area contributed by atoms with E-state index in [4.69, 9.17) is 32.8 Å². The maximum atomic E-state index is 16.4. The average molecular weight is 891 g/mol.